The van der Waals surface area contributed by atoms with Crippen LogP contribution in [-0.4, -0.2) is 22.8 Å². The molecule has 0 radical (unpaired) electrons. The molecule has 2 aromatic rings. The number of rotatable bonds is 2. The highest BCUT2D eigenvalue weighted by Gasteiger charge is 2.28. The van der Waals surface area contributed by atoms with E-state index in [-0.39, 0.29) is 0 Å². The smallest absolute Gasteiger partial charge is 0.300 e. The number of benzene rings is 1. The van der Waals surface area contributed by atoms with Gasteiger partial charge in [-0.05, 0) is 36.6 Å². The molecule has 3 rings (SSSR count). The highest BCUT2D eigenvalue weighted by atomic mass is 16.2. The van der Waals surface area contributed by atoms with E-state index >= 15 is 0 Å². The van der Waals surface area contributed by atoms with Gasteiger partial charge in [-0.25, -0.2) is 0 Å². The van der Waals surface area contributed by atoms with Crippen molar-refractivity contribution in [3.63, 3.8) is 0 Å². The van der Waals surface area contributed by atoms with Gasteiger partial charge in [0.25, 0.3) is 5.78 Å². The number of carbonyl (C=O) groups is 2. The largest absolute Gasteiger partial charge is 0.348 e. The van der Waals surface area contributed by atoms with Gasteiger partial charge >= 0.3 is 5.91 Å². The third-order valence-electron chi connectivity index (χ3n) is 3.73. The van der Waals surface area contributed by atoms with Gasteiger partial charge in [0.15, 0.2) is 0 Å². The molecule has 0 spiro atoms. The summed E-state index contributed by atoms with van der Waals surface area (Å²) in [4.78, 5) is 26.4. The Labute approximate surface area is 117 Å². The van der Waals surface area contributed by atoms with E-state index in [1.165, 1.54) is 0 Å². The molecule has 0 unspecified atom stereocenters. The summed E-state index contributed by atoms with van der Waals surface area (Å²) in [5, 5.41) is 0. The minimum Gasteiger partial charge on any atom is -0.348 e. The van der Waals surface area contributed by atoms with Crippen molar-refractivity contribution in [1.82, 2.24) is 4.57 Å². The Hall–Kier alpha value is -2.36. The summed E-state index contributed by atoms with van der Waals surface area (Å²) in [5.74, 6) is -0.895. The number of ketones is 1. The van der Waals surface area contributed by atoms with Crippen LogP contribution in [0.5, 0.6) is 0 Å². The topological polar surface area (TPSA) is 42.3 Å². The fraction of sp³-hybridized carbons (Fsp3) is 0.250. The van der Waals surface area contributed by atoms with Gasteiger partial charge in [-0.3, -0.25) is 9.59 Å². The van der Waals surface area contributed by atoms with E-state index in [9.17, 15) is 9.59 Å². The molecule has 1 aliphatic rings. The Morgan fingerprint density at radius 2 is 1.90 bits per heavy atom. The number of anilines is 1. The van der Waals surface area contributed by atoms with Crippen molar-refractivity contribution in [2.45, 2.75) is 12.8 Å². The van der Waals surface area contributed by atoms with Crippen LogP contribution in [0.3, 0.4) is 0 Å². The molecule has 1 aromatic heterocycles. The predicted molar refractivity (Wildman–Crippen MR) is 76.9 cm³/mol. The summed E-state index contributed by atoms with van der Waals surface area (Å²) < 4.78 is 1.68. The van der Waals surface area contributed by atoms with Gasteiger partial charge in [-0.15, -0.1) is 0 Å². The second-order valence-electron chi connectivity index (χ2n) is 5.02. The summed E-state index contributed by atoms with van der Waals surface area (Å²) in [5.41, 5.74) is 2.43. The second-order valence-corrected chi connectivity index (χ2v) is 5.02. The van der Waals surface area contributed by atoms with Crippen molar-refractivity contribution in [3.05, 3.63) is 53.9 Å². The molecule has 0 fully saturated rings. The van der Waals surface area contributed by atoms with Gasteiger partial charge in [-0.2, -0.15) is 0 Å². The van der Waals surface area contributed by atoms with Gasteiger partial charge < -0.3 is 9.47 Å². The lowest BCUT2D eigenvalue weighted by molar-refractivity contribution is -0.114. The molecular formula is C16H16N2O2. The first kappa shape index (κ1) is 12.7. The third kappa shape index (κ3) is 2.03. The highest BCUT2D eigenvalue weighted by molar-refractivity contribution is 6.46. The van der Waals surface area contributed by atoms with Crippen LogP contribution in [-0.2, 0) is 18.3 Å². The zero-order chi connectivity index (χ0) is 14.1. The molecule has 0 saturated heterocycles. The van der Waals surface area contributed by atoms with Crippen LogP contribution in [0.4, 0.5) is 5.69 Å². The molecule has 0 N–H and O–H groups in total. The molecule has 0 atom stereocenters. The average molecular weight is 268 g/mol. The maximum Gasteiger partial charge on any atom is 0.300 e. The summed E-state index contributed by atoms with van der Waals surface area (Å²) in [6.45, 7) is 0.603. The van der Waals surface area contributed by atoms with Crippen LogP contribution in [0.25, 0.3) is 0 Å². The van der Waals surface area contributed by atoms with E-state index < -0.39 is 11.7 Å². The Balaban J connectivity index is 1.93. The van der Waals surface area contributed by atoms with Gasteiger partial charge in [-0.1, -0.05) is 18.2 Å². The fourth-order valence-corrected chi connectivity index (χ4v) is 2.67. The SMILES string of the molecule is Cn1cccc1C(=O)C(=O)N1CCCc2ccccc21. The van der Waals surface area contributed by atoms with E-state index in [1.807, 2.05) is 24.3 Å². The number of fused-ring (bicyclic) bond motifs is 1. The van der Waals surface area contributed by atoms with Crippen molar-refractivity contribution < 1.29 is 9.59 Å². The maximum absolute atomic E-state index is 12.5. The number of amides is 1. The number of para-hydroxylation sites is 1. The highest BCUT2D eigenvalue weighted by Crippen LogP contribution is 2.27. The number of carbonyl (C=O) groups excluding carboxylic acids is 2. The minimum atomic E-state index is -0.450. The van der Waals surface area contributed by atoms with E-state index in [0.717, 1.165) is 24.1 Å². The van der Waals surface area contributed by atoms with Crippen LogP contribution in [0.2, 0.25) is 0 Å². The zero-order valence-electron chi connectivity index (χ0n) is 11.4. The van der Waals surface area contributed by atoms with Gasteiger partial charge in [0.1, 0.15) is 0 Å². The first-order valence-corrected chi connectivity index (χ1v) is 6.74. The van der Waals surface area contributed by atoms with E-state index in [1.54, 1.807) is 34.8 Å². The van der Waals surface area contributed by atoms with Crippen molar-refractivity contribution in [2.75, 3.05) is 11.4 Å². The number of hydrogen-bond acceptors (Lipinski definition) is 2. The summed E-state index contributed by atoms with van der Waals surface area (Å²) >= 11 is 0. The first-order valence-electron chi connectivity index (χ1n) is 6.74. The summed E-state index contributed by atoms with van der Waals surface area (Å²) in [7, 11) is 1.77. The molecule has 0 bridgehead atoms. The van der Waals surface area contributed by atoms with Crippen molar-refractivity contribution in [2.24, 2.45) is 7.05 Å². The number of aromatic nitrogens is 1. The molecule has 1 aromatic carbocycles. The zero-order valence-corrected chi connectivity index (χ0v) is 11.4. The molecule has 1 aliphatic heterocycles. The number of nitrogens with zero attached hydrogens (tertiary/aromatic N) is 2. The minimum absolute atomic E-state index is 0.429. The van der Waals surface area contributed by atoms with Crippen molar-refractivity contribution in [3.8, 4) is 0 Å². The third-order valence-corrected chi connectivity index (χ3v) is 3.73. The standard InChI is InChI=1S/C16H16N2O2/c1-17-10-5-9-14(17)15(19)16(20)18-11-4-7-12-6-2-3-8-13(12)18/h2-3,5-6,8-10H,4,7,11H2,1H3. The van der Waals surface area contributed by atoms with E-state index in [2.05, 4.69) is 0 Å². The normalized spacial score (nSPS) is 13.9. The van der Waals surface area contributed by atoms with Crippen LogP contribution >= 0.6 is 0 Å². The lowest BCUT2D eigenvalue weighted by Gasteiger charge is -2.28. The number of hydrogen-bond donors (Lipinski definition) is 0. The lowest BCUT2D eigenvalue weighted by Crippen LogP contribution is -2.40. The van der Waals surface area contributed by atoms with Crippen LogP contribution in [0, 0.1) is 0 Å². The van der Waals surface area contributed by atoms with Gasteiger partial charge in [0.2, 0.25) is 0 Å². The maximum atomic E-state index is 12.5. The molecule has 1 amide bonds. The lowest BCUT2D eigenvalue weighted by atomic mass is 10.0. The molecule has 4 heteroatoms. The Morgan fingerprint density at radius 1 is 1.10 bits per heavy atom. The van der Waals surface area contributed by atoms with Crippen LogP contribution in [0.1, 0.15) is 22.5 Å². The summed E-state index contributed by atoms with van der Waals surface area (Å²) in [6.07, 6.45) is 3.62. The Kier molecular flexibility index (Phi) is 3.14. The van der Waals surface area contributed by atoms with Crippen LogP contribution < -0.4 is 4.90 Å². The van der Waals surface area contributed by atoms with E-state index in [0.29, 0.717) is 12.2 Å². The monoisotopic (exact) mass is 268 g/mol. The Morgan fingerprint density at radius 3 is 2.65 bits per heavy atom. The molecule has 0 aliphatic carbocycles. The van der Waals surface area contributed by atoms with Gasteiger partial charge in [0, 0.05) is 25.5 Å². The van der Waals surface area contributed by atoms with Crippen molar-refractivity contribution in [1.29, 1.82) is 0 Å². The van der Waals surface area contributed by atoms with Gasteiger partial charge in [0.05, 0.1) is 5.69 Å². The van der Waals surface area contributed by atoms with Crippen LogP contribution in [0.15, 0.2) is 42.6 Å². The molecule has 0 saturated carbocycles. The predicted octanol–water partition coefficient (Wildman–Crippen LogP) is 2.19. The summed E-state index contributed by atoms with van der Waals surface area (Å²) in [6, 6.07) is 11.2. The molecule has 20 heavy (non-hydrogen) atoms. The Bertz CT molecular complexity index is 673. The second kappa shape index (κ2) is 4.96. The first-order chi connectivity index (χ1) is 9.68. The fourth-order valence-electron chi connectivity index (χ4n) is 2.67. The number of aryl methyl sites for hydroxylation is 2. The molecule has 4 nitrogen and oxygen atoms in total. The van der Waals surface area contributed by atoms with E-state index in [4.69, 9.17) is 0 Å². The number of Topliss-reactive ketones (excluding diaryl/α,β-unsaturated/α-hetero) is 1. The van der Waals surface area contributed by atoms with Crippen molar-refractivity contribution >= 4 is 17.4 Å². The molecule has 102 valence electrons. The average Bonchev–Trinajstić information content (AvgIpc) is 2.91. The molecular weight excluding hydrogens is 252 g/mol. The molecule has 2 heterocycles. The quantitative estimate of drug-likeness (QED) is 0.619.